The summed E-state index contributed by atoms with van der Waals surface area (Å²) in [5.74, 6) is -4.87. The number of nitrogens with two attached hydrogens (primary N) is 1. The van der Waals surface area contributed by atoms with E-state index in [0.29, 0.717) is 19.3 Å². The molecule has 0 heterocycles. The number of hydrogen-bond acceptors (Lipinski definition) is 8. The molecule has 322 valence electrons. The predicted molar refractivity (Wildman–Crippen MR) is 218 cm³/mol. The molecule has 56 heavy (non-hydrogen) atoms. The van der Waals surface area contributed by atoms with Crippen molar-refractivity contribution in [2.45, 2.75) is 150 Å². The monoisotopic (exact) mass is 794 g/mol. The third-order valence-corrected chi connectivity index (χ3v) is 10.6. The maximum Gasteiger partial charge on any atom is 0.270 e. The number of primary amides is 1. The molecule has 0 saturated heterocycles. The van der Waals surface area contributed by atoms with Gasteiger partial charge in [0.1, 0.15) is 35.9 Å². The summed E-state index contributed by atoms with van der Waals surface area (Å²) in [7, 11) is 7.22. The van der Waals surface area contributed by atoms with Gasteiger partial charge in [0.25, 0.3) is 5.91 Å². The molecule has 0 saturated carbocycles. The van der Waals surface area contributed by atoms with Gasteiger partial charge in [-0.3, -0.25) is 33.6 Å². The Bertz CT molecular complexity index is 1370. The minimum atomic E-state index is -1.47. The van der Waals surface area contributed by atoms with Gasteiger partial charge < -0.3 is 40.7 Å². The van der Waals surface area contributed by atoms with Gasteiger partial charge in [0, 0.05) is 41.7 Å². The number of aliphatic hydroxyl groups is 1. The average molecular weight is 794 g/mol. The number of aliphatic hydroxyl groups excluding tert-OH is 1. The molecule has 4 N–H and O–H groups in total. The lowest BCUT2D eigenvalue weighted by molar-refractivity contribution is -0.156. The van der Waals surface area contributed by atoms with Crippen molar-refractivity contribution in [2.24, 2.45) is 29.4 Å². The fourth-order valence-corrected chi connectivity index (χ4v) is 6.84. The summed E-state index contributed by atoms with van der Waals surface area (Å²) < 4.78 is 0. The first kappa shape index (κ1) is 52.0. The highest BCUT2D eigenvalue weighted by Gasteiger charge is 2.43. The van der Waals surface area contributed by atoms with Crippen LogP contribution in [-0.4, -0.2) is 143 Å². The van der Waals surface area contributed by atoms with Gasteiger partial charge in [0.2, 0.25) is 35.4 Å². The molecule has 0 aliphatic heterocycles. The van der Waals surface area contributed by atoms with Crippen LogP contribution in [0.3, 0.4) is 0 Å². The molecule has 0 radical (unpaired) electrons. The van der Waals surface area contributed by atoms with Crippen LogP contribution in [0.5, 0.6) is 0 Å². The van der Waals surface area contributed by atoms with E-state index in [1.165, 1.54) is 38.0 Å². The summed E-state index contributed by atoms with van der Waals surface area (Å²) in [4.78, 5) is 101. The number of hydrogen-bond donors (Lipinski definition) is 3. The lowest BCUT2D eigenvalue weighted by Gasteiger charge is -2.41. The molecular formula is C41H75N7O8. The summed E-state index contributed by atoms with van der Waals surface area (Å²) >= 11 is 0. The number of nitrogens with zero attached hydrogens (tertiary/aromatic N) is 5. The Morgan fingerprint density at radius 3 is 1.62 bits per heavy atom. The Hall–Kier alpha value is -4.01. The molecule has 0 aliphatic carbocycles. The van der Waals surface area contributed by atoms with Crippen LogP contribution in [0.15, 0.2) is 12.3 Å². The Labute approximate surface area is 336 Å². The Morgan fingerprint density at radius 1 is 0.696 bits per heavy atom. The molecule has 0 unspecified atom stereocenters. The molecule has 0 aliphatic rings. The number of unbranched alkanes of at least 4 members (excludes halogenated alkanes) is 1. The van der Waals surface area contributed by atoms with Crippen molar-refractivity contribution in [2.75, 3.05) is 35.2 Å². The third kappa shape index (κ3) is 14.2. The van der Waals surface area contributed by atoms with Crippen molar-refractivity contribution < 1.29 is 38.7 Å². The molecule has 15 nitrogen and oxygen atoms in total. The lowest BCUT2D eigenvalue weighted by atomic mass is 9.90. The largest absolute Gasteiger partial charge is 0.390 e. The highest BCUT2D eigenvalue weighted by Crippen LogP contribution is 2.24. The Balaban J connectivity index is 6.78. The van der Waals surface area contributed by atoms with E-state index in [4.69, 9.17) is 5.73 Å². The highest BCUT2D eigenvalue weighted by atomic mass is 16.3. The predicted octanol–water partition coefficient (Wildman–Crippen LogP) is 2.99. The summed E-state index contributed by atoms with van der Waals surface area (Å²) in [5, 5.41) is 14.5. The smallest absolute Gasteiger partial charge is 0.270 e. The van der Waals surface area contributed by atoms with Gasteiger partial charge in [-0.15, -0.1) is 0 Å². The molecule has 0 bridgehead atoms. The quantitative estimate of drug-likeness (QED) is 0.124. The maximum absolute atomic E-state index is 14.5. The second-order valence-corrected chi connectivity index (χ2v) is 16.4. The fourth-order valence-electron chi connectivity index (χ4n) is 6.84. The van der Waals surface area contributed by atoms with Crippen LogP contribution in [-0.2, 0) is 33.6 Å². The number of likely N-dealkylation sites (N-methyl/N-ethyl adjacent to an activating group) is 5. The number of carbonyl (C=O) groups is 7. The zero-order valence-electron chi connectivity index (χ0n) is 37.0. The van der Waals surface area contributed by atoms with Crippen molar-refractivity contribution in [1.29, 1.82) is 0 Å². The van der Waals surface area contributed by atoms with Crippen molar-refractivity contribution in [3.63, 3.8) is 0 Å². The first-order valence-electron chi connectivity index (χ1n) is 20.1. The van der Waals surface area contributed by atoms with Crippen LogP contribution >= 0.6 is 0 Å². The molecular weight excluding hydrogens is 718 g/mol. The van der Waals surface area contributed by atoms with E-state index in [1.807, 2.05) is 34.6 Å². The molecule has 0 aromatic rings. The Morgan fingerprint density at radius 2 is 1.20 bits per heavy atom. The molecule has 0 aromatic heterocycles. The van der Waals surface area contributed by atoms with E-state index >= 15 is 0 Å². The number of carbonyl (C=O) groups excluding carboxylic acids is 7. The van der Waals surface area contributed by atoms with Crippen molar-refractivity contribution in [3.8, 4) is 0 Å². The van der Waals surface area contributed by atoms with Crippen LogP contribution in [0, 0.1) is 23.7 Å². The van der Waals surface area contributed by atoms with Gasteiger partial charge >= 0.3 is 0 Å². The van der Waals surface area contributed by atoms with E-state index < -0.39 is 83.6 Å². The molecule has 0 rings (SSSR count). The molecule has 15 heteroatoms. The topological polar surface area (TPSA) is 194 Å². The summed E-state index contributed by atoms with van der Waals surface area (Å²) in [5.41, 5.74) is 5.34. The summed E-state index contributed by atoms with van der Waals surface area (Å²) in [6.45, 7) is 22.2. The van der Waals surface area contributed by atoms with Crippen molar-refractivity contribution >= 4 is 41.4 Å². The van der Waals surface area contributed by atoms with Gasteiger partial charge in [0.05, 0.1) is 6.10 Å². The molecule has 0 spiro atoms. The number of rotatable bonds is 24. The maximum atomic E-state index is 14.5. The van der Waals surface area contributed by atoms with Crippen LogP contribution in [0.1, 0.15) is 114 Å². The summed E-state index contributed by atoms with van der Waals surface area (Å²) in [6, 6.07) is -5.48. The Kier molecular flexibility index (Phi) is 22.2. The van der Waals surface area contributed by atoms with Crippen molar-refractivity contribution in [3.05, 3.63) is 12.3 Å². The fraction of sp³-hybridized carbons (Fsp3) is 0.780. The van der Waals surface area contributed by atoms with Gasteiger partial charge in [0.15, 0.2) is 0 Å². The van der Waals surface area contributed by atoms with E-state index in [-0.39, 0.29) is 36.3 Å². The second-order valence-electron chi connectivity index (χ2n) is 16.4. The molecule has 0 aromatic carbocycles. The van der Waals surface area contributed by atoms with Gasteiger partial charge in [-0.1, -0.05) is 88.7 Å². The lowest BCUT2D eigenvalue weighted by Crippen LogP contribution is -2.63. The van der Waals surface area contributed by atoms with Crippen LogP contribution in [0.2, 0.25) is 0 Å². The van der Waals surface area contributed by atoms with Crippen LogP contribution in [0.4, 0.5) is 0 Å². The SMILES string of the molecule is C=C(C(=O)N(C)[C@@H](CC(C)C)C(N)=O)N(C)C(=O)[C@H](CC)NC(=O)[C@H]([C@H](O)[C@H](C)CCCC)N(C)C(=O)[C@H](C(C)C)N(C)C(=O)[C@H](CC(C)C)N(C)C(=O)CC. The summed E-state index contributed by atoms with van der Waals surface area (Å²) in [6.07, 6.45) is 1.77. The van der Waals surface area contributed by atoms with Crippen LogP contribution < -0.4 is 11.1 Å². The highest BCUT2D eigenvalue weighted by molar-refractivity contribution is 6.01. The number of nitrogens with one attached hydrogen (secondary N) is 1. The van der Waals surface area contributed by atoms with Gasteiger partial charge in [-0.2, -0.15) is 0 Å². The average Bonchev–Trinajstić information content (AvgIpc) is 3.13. The van der Waals surface area contributed by atoms with Crippen LogP contribution in [0.25, 0.3) is 0 Å². The van der Waals surface area contributed by atoms with E-state index in [1.54, 1.807) is 41.7 Å². The minimum absolute atomic E-state index is 0.0460. The standard InChI is InChI=1S/C41H75N7O8/c1-17-20-21-27(10)35(50)34(48(16)41(56)33(26(8)9)47(15)40(55)31(23-25(6)7)45(13)32(49)19-3)37(52)43-29(18-2)39(54)44(12)28(11)38(53)46(14)30(36(42)51)22-24(4)5/h24-27,29-31,33-35,50H,11,17-23H2,1-10,12-16H3,(H2,42,51)(H,43,52)/t27-,29+,30+,31+,33+,34+,35-/m1/s1. The van der Waals surface area contributed by atoms with Gasteiger partial charge in [-0.05, 0) is 49.4 Å². The zero-order chi connectivity index (χ0) is 43.9. The minimum Gasteiger partial charge on any atom is -0.390 e. The van der Waals surface area contributed by atoms with E-state index in [9.17, 15) is 38.7 Å². The first-order chi connectivity index (χ1) is 25.8. The van der Waals surface area contributed by atoms with Crippen molar-refractivity contribution in [1.82, 2.24) is 29.8 Å². The molecule has 0 fully saturated rings. The first-order valence-corrected chi connectivity index (χ1v) is 20.1. The van der Waals surface area contributed by atoms with Gasteiger partial charge in [-0.25, -0.2) is 0 Å². The zero-order valence-corrected chi connectivity index (χ0v) is 37.0. The third-order valence-electron chi connectivity index (χ3n) is 10.6. The van der Waals surface area contributed by atoms with E-state index in [2.05, 4.69) is 11.9 Å². The second kappa shape index (κ2) is 23.9. The van der Waals surface area contributed by atoms with E-state index in [0.717, 1.165) is 27.5 Å². The number of amides is 7. The molecule has 7 atom stereocenters. The molecule has 7 amide bonds. The normalized spacial score (nSPS) is 15.2.